The lowest BCUT2D eigenvalue weighted by molar-refractivity contribution is -0.137. The predicted molar refractivity (Wildman–Crippen MR) is 254 cm³/mol. The molecule has 1 fully saturated rings. The molecule has 68 heavy (non-hydrogen) atoms. The second kappa shape index (κ2) is 27.6. The van der Waals surface area contributed by atoms with Crippen LogP contribution in [0.3, 0.4) is 0 Å². The average Bonchev–Trinajstić information content (AvgIpc) is 3.28. The highest BCUT2D eigenvalue weighted by molar-refractivity contribution is 8.76. The standard InChI is InChI=1S/C44H64N10O12S2/c1-6-23(4)36-43(65)51-32(17-26-9-13-28(57)14-10-26)42(64)54-37(24(5)55)44(66)52-33(40(62)48-19-35(59)49-30(15-22(2)3)39(61)47-18-34(46)58)21-68-67-20-29(45)38(60)50-31(41(63)53-36)16-25-7-11-27(56)12-8-25/h7-14,22-24,29-33,36-37,55-57H,6,15-21,45H2,1-5H3,(H2,46,58)(H,47,61)(H,48,62)(H,49,59)(H,50,60)(H,51,65)(H,52,66)(H,53,63)(H,54,64)/t23-,24+,29-,30-,31-,32?,33-,36-,37-/m0/s1. The Balaban J connectivity index is 2.00. The van der Waals surface area contributed by atoms with Gasteiger partial charge in [-0.1, -0.05) is 80.0 Å². The molecule has 1 unspecified atom stereocenters. The highest BCUT2D eigenvalue weighted by atomic mass is 33.1. The molecular formula is C44H64N10O12S2. The van der Waals surface area contributed by atoms with E-state index in [4.69, 9.17) is 11.5 Å². The van der Waals surface area contributed by atoms with Gasteiger partial charge in [0.1, 0.15) is 47.8 Å². The molecule has 0 aliphatic carbocycles. The molecule has 2 aromatic rings. The zero-order chi connectivity index (χ0) is 50.7. The van der Waals surface area contributed by atoms with Gasteiger partial charge >= 0.3 is 0 Å². The number of aliphatic hydroxyl groups excluding tert-OH is 1. The smallest absolute Gasteiger partial charge is 0.245 e. The van der Waals surface area contributed by atoms with Gasteiger partial charge < -0.3 is 69.3 Å². The van der Waals surface area contributed by atoms with Crippen LogP contribution in [0.1, 0.15) is 58.6 Å². The molecule has 24 heteroatoms. The van der Waals surface area contributed by atoms with Gasteiger partial charge in [-0.05, 0) is 60.6 Å². The number of phenols is 2. The van der Waals surface area contributed by atoms with Crippen molar-refractivity contribution in [2.45, 2.75) is 109 Å². The minimum atomic E-state index is -1.72. The minimum Gasteiger partial charge on any atom is -0.508 e. The van der Waals surface area contributed by atoms with E-state index in [0.29, 0.717) is 17.5 Å². The number of phenolic OH excluding ortho intramolecular Hbond substituents is 2. The van der Waals surface area contributed by atoms with Crippen molar-refractivity contribution >= 4 is 74.8 Å². The molecule has 9 atom stereocenters. The van der Waals surface area contributed by atoms with Crippen LogP contribution in [0.4, 0.5) is 0 Å². The van der Waals surface area contributed by atoms with E-state index in [9.17, 15) is 58.5 Å². The molecule has 1 aliphatic rings. The molecule has 0 aromatic heterocycles. The Labute approximate surface area is 402 Å². The number of aliphatic hydroxyl groups is 1. The fourth-order valence-electron chi connectivity index (χ4n) is 6.60. The first-order valence-corrected chi connectivity index (χ1v) is 24.5. The molecule has 2 aromatic carbocycles. The van der Waals surface area contributed by atoms with E-state index in [2.05, 4.69) is 42.5 Å². The van der Waals surface area contributed by atoms with E-state index in [0.717, 1.165) is 21.6 Å². The summed E-state index contributed by atoms with van der Waals surface area (Å²) in [5, 5.41) is 50.9. The number of hydrogen-bond acceptors (Lipinski definition) is 15. The molecule has 9 amide bonds. The molecule has 0 radical (unpaired) electrons. The number of rotatable bonds is 16. The van der Waals surface area contributed by atoms with Gasteiger partial charge in [0.05, 0.1) is 25.2 Å². The van der Waals surface area contributed by atoms with Crippen molar-refractivity contribution in [3.8, 4) is 11.5 Å². The summed E-state index contributed by atoms with van der Waals surface area (Å²) >= 11 is 0. The Kier molecular flexibility index (Phi) is 22.9. The van der Waals surface area contributed by atoms with E-state index in [1.165, 1.54) is 43.3 Å². The summed E-state index contributed by atoms with van der Waals surface area (Å²) in [5.74, 6) is -8.44. The minimum absolute atomic E-state index is 0.0326. The zero-order valence-corrected chi connectivity index (χ0v) is 40.2. The molecule has 15 N–H and O–H groups in total. The van der Waals surface area contributed by atoms with Crippen LogP contribution in [0, 0.1) is 11.8 Å². The lowest BCUT2D eigenvalue weighted by Crippen LogP contribution is -2.62. The van der Waals surface area contributed by atoms with Crippen molar-refractivity contribution in [1.29, 1.82) is 0 Å². The first-order valence-electron chi connectivity index (χ1n) is 22.0. The summed E-state index contributed by atoms with van der Waals surface area (Å²) in [5.41, 5.74) is 12.4. The lowest BCUT2D eigenvalue weighted by atomic mass is 9.96. The maximum atomic E-state index is 14.2. The highest BCUT2D eigenvalue weighted by Crippen LogP contribution is 2.23. The summed E-state index contributed by atoms with van der Waals surface area (Å²) in [4.78, 5) is 121. The number of carbonyl (C=O) groups is 9. The van der Waals surface area contributed by atoms with Crippen molar-refractivity contribution in [3.63, 3.8) is 0 Å². The van der Waals surface area contributed by atoms with Gasteiger partial charge in [-0.2, -0.15) is 0 Å². The Morgan fingerprint density at radius 3 is 1.69 bits per heavy atom. The van der Waals surface area contributed by atoms with Crippen molar-refractivity contribution in [2.75, 3.05) is 24.6 Å². The molecule has 0 saturated carbocycles. The van der Waals surface area contributed by atoms with Crippen molar-refractivity contribution in [2.24, 2.45) is 23.3 Å². The topological polar surface area (TPSA) is 363 Å². The fourth-order valence-corrected chi connectivity index (χ4v) is 8.89. The monoisotopic (exact) mass is 988 g/mol. The van der Waals surface area contributed by atoms with E-state index in [1.54, 1.807) is 39.8 Å². The van der Waals surface area contributed by atoms with Gasteiger partial charge in [0.2, 0.25) is 53.2 Å². The number of nitrogens with one attached hydrogen (secondary N) is 8. The summed E-state index contributed by atoms with van der Waals surface area (Å²) in [6, 6.07) is 2.16. The molecule has 1 heterocycles. The number of benzene rings is 2. The van der Waals surface area contributed by atoms with Crippen molar-refractivity contribution in [3.05, 3.63) is 59.7 Å². The van der Waals surface area contributed by atoms with E-state index < -0.39 is 121 Å². The Hall–Kier alpha value is -6.11. The summed E-state index contributed by atoms with van der Waals surface area (Å²) in [6.45, 7) is 7.15. The first kappa shape index (κ1) is 56.2. The SMILES string of the molecule is CC[C@H](C)[C@@H]1NC(=O)[C@H](Cc2ccc(O)cc2)NC(=O)[C@@H](N)CSSC[C@@H](C(=O)NCC(=O)N[C@@H](CC(C)C)C(=O)NCC(N)=O)NC(=O)[C@H]([C@@H](C)O)NC(=O)C(Cc2ccc(O)cc2)NC1=O. The van der Waals surface area contributed by atoms with Crippen LogP contribution in [0.2, 0.25) is 0 Å². The van der Waals surface area contributed by atoms with Gasteiger partial charge in [0.25, 0.3) is 0 Å². The number of carbonyl (C=O) groups excluding carboxylic acids is 9. The lowest BCUT2D eigenvalue weighted by Gasteiger charge is -2.30. The second-order valence-corrected chi connectivity index (χ2v) is 19.4. The van der Waals surface area contributed by atoms with Gasteiger partial charge in [-0.15, -0.1) is 0 Å². The third kappa shape index (κ3) is 18.9. The third-order valence-electron chi connectivity index (χ3n) is 10.6. The zero-order valence-electron chi connectivity index (χ0n) is 38.5. The fraction of sp³-hybridized carbons (Fsp3) is 0.523. The van der Waals surface area contributed by atoms with Crippen LogP contribution in [0.25, 0.3) is 0 Å². The number of aromatic hydroxyl groups is 2. The predicted octanol–water partition coefficient (Wildman–Crippen LogP) is -2.30. The maximum absolute atomic E-state index is 14.2. The Bertz CT molecular complexity index is 2080. The number of hydrogen-bond donors (Lipinski definition) is 13. The quantitative estimate of drug-likeness (QED) is 0.0788. The van der Waals surface area contributed by atoms with Crippen LogP contribution >= 0.6 is 21.6 Å². The van der Waals surface area contributed by atoms with E-state index in [-0.39, 0.29) is 48.2 Å². The normalized spacial score (nSPS) is 22.7. The molecule has 374 valence electrons. The summed E-state index contributed by atoms with van der Waals surface area (Å²) in [6.07, 6.45) is -1.31. The van der Waals surface area contributed by atoms with E-state index in [1.807, 2.05) is 0 Å². The summed E-state index contributed by atoms with van der Waals surface area (Å²) < 4.78 is 0. The molecule has 0 spiro atoms. The van der Waals surface area contributed by atoms with Crippen LogP contribution in [0.15, 0.2) is 48.5 Å². The van der Waals surface area contributed by atoms with Crippen LogP contribution in [-0.4, -0.2) is 141 Å². The molecule has 0 bridgehead atoms. The van der Waals surface area contributed by atoms with Gasteiger partial charge in [0.15, 0.2) is 0 Å². The number of amides is 9. The van der Waals surface area contributed by atoms with Crippen LogP contribution in [0.5, 0.6) is 11.5 Å². The van der Waals surface area contributed by atoms with Crippen molar-refractivity contribution in [1.82, 2.24) is 42.5 Å². The van der Waals surface area contributed by atoms with Crippen LogP contribution < -0.4 is 54.0 Å². The molecule has 22 nitrogen and oxygen atoms in total. The number of nitrogens with two attached hydrogens (primary N) is 2. The molecule has 1 aliphatic heterocycles. The van der Waals surface area contributed by atoms with Gasteiger partial charge in [-0.3, -0.25) is 43.2 Å². The van der Waals surface area contributed by atoms with Gasteiger partial charge in [0, 0.05) is 24.3 Å². The Morgan fingerprint density at radius 1 is 0.691 bits per heavy atom. The first-order chi connectivity index (χ1) is 32.1. The third-order valence-corrected chi connectivity index (χ3v) is 13.1. The second-order valence-electron chi connectivity index (χ2n) is 16.9. The van der Waals surface area contributed by atoms with Gasteiger partial charge in [-0.25, -0.2) is 0 Å². The summed E-state index contributed by atoms with van der Waals surface area (Å²) in [7, 11) is 2.04. The average molecular weight is 989 g/mol. The number of primary amides is 1. The Morgan fingerprint density at radius 2 is 1.19 bits per heavy atom. The molecule has 3 rings (SSSR count). The van der Waals surface area contributed by atoms with Crippen molar-refractivity contribution < 1.29 is 58.5 Å². The van der Waals surface area contributed by atoms with Crippen LogP contribution in [-0.2, 0) is 56.0 Å². The maximum Gasteiger partial charge on any atom is 0.245 e. The van der Waals surface area contributed by atoms with E-state index >= 15 is 0 Å². The molecular weight excluding hydrogens is 925 g/mol. The highest BCUT2D eigenvalue weighted by Gasteiger charge is 2.36. The largest absolute Gasteiger partial charge is 0.508 e. The molecule has 1 saturated heterocycles.